The summed E-state index contributed by atoms with van der Waals surface area (Å²) in [5.74, 6) is -0.381. The third kappa shape index (κ3) is 5.64. The van der Waals surface area contributed by atoms with Gasteiger partial charge >= 0.3 is 12.0 Å². The Morgan fingerprint density at radius 1 is 1.13 bits per heavy atom. The Kier molecular flexibility index (Phi) is 8.06. The van der Waals surface area contributed by atoms with Crippen molar-refractivity contribution in [1.82, 2.24) is 5.43 Å². The van der Waals surface area contributed by atoms with Gasteiger partial charge in [-0.1, -0.05) is 12.1 Å². The first kappa shape index (κ1) is 22.8. The van der Waals surface area contributed by atoms with Gasteiger partial charge < -0.3 is 9.64 Å². The molecule has 2 aromatic rings. The molecule has 0 fully saturated rings. The summed E-state index contributed by atoms with van der Waals surface area (Å²) >= 11 is 1.45. The molecule has 1 aliphatic carbocycles. The molecular formula is C23H30N4O3S. The maximum Gasteiger partial charge on any atom is 0.341 e. The number of thiophene rings is 1. The van der Waals surface area contributed by atoms with Crippen LogP contribution in [0, 0.1) is 0 Å². The molecule has 1 heterocycles. The number of ether oxygens (including phenoxy) is 1. The van der Waals surface area contributed by atoms with Gasteiger partial charge in [0.25, 0.3) is 0 Å². The highest BCUT2D eigenvalue weighted by Gasteiger charge is 2.27. The zero-order chi connectivity index (χ0) is 22.2. The van der Waals surface area contributed by atoms with Gasteiger partial charge in [0.2, 0.25) is 0 Å². The van der Waals surface area contributed by atoms with E-state index in [9.17, 15) is 9.59 Å². The molecule has 8 heteroatoms. The molecule has 0 aliphatic heterocycles. The van der Waals surface area contributed by atoms with Crippen molar-refractivity contribution in [3.05, 3.63) is 45.8 Å². The summed E-state index contributed by atoms with van der Waals surface area (Å²) in [5.41, 5.74) is 6.03. The van der Waals surface area contributed by atoms with Gasteiger partial charge in [-0.2, -0.15) is 5.10 Å². The fourth-order valence-electron chi connectivity index (χ4n) is 3.73. The number of carbonyl (C=O) groups is 2. The van der Waals surface area contributed by atoms with Crippen molar-refractivity contribution in [2.24, 2.45) is 5.10 Å². The lowest BCUT2D eigenvalue weighted by Gasteiger charge is -2.20. The van der Waals surface area contributed by atoms with Crippen molar-refractivity contribution in [3.8, 4) is 0 Å². The van der Waals surface area contributed by atoms with Crippen LogP contribution in [0.4, 0.5) is 15.5 Å². The molecule has 1 aromatic carbocycles. The molecule has 0 atom stereocenters. The zero-order valence-corrected chi connectivity index (χ0v) is 19.2. The molecule has 1 aromatic heterocycles. The van der Waals surface area contributed by atoms with Crippen LogP contribution in [0.15, 0.2) is 29.4 Å². The summed E-state index contributed by atoms with van der Waals surface area (Å²) in [6.45, 7) is 8.22. The van der Waals surface area contributed by atoms with E-state index in [4.69, 9.17) is 4.74 Å². The van der Waals surface area contributed by atoms with Gasteiger partial charge in [0.1, 0.15) is 5.00 Å². The SMILES string of the molecule is CCOC(=O)c1c(NC(=O)NN=Cc2ccc(N(CC)CC)cc2)sc2c1CCCC2. The summed E-state index contributed by atoms with van der Waals surface area (Å²) in [4.78, 5) is 28.3. The van der Waals surface area contributed by atoms with Crippen LogP contribution < -0.4 is 15.6 Å². The smallest absolute Gasteiger partial charge is 0.341 e. The predicted molar refractivity (Wildman–Crippen MR) is 127 cm³/mol. The number of aryl methyl sites for hydroxylation is 1. The van der Waals surface area contributed by atoms with Gasteiger partial charge in [-0.25, -0.2) is 15.0 Å². The highest BCUT2D eigenvalue weighted by molar-refractivity contribution is 7.17. The second kappa shape index (κ2) is 10.9. The second-order valence-corrected chi connectivity index (χ2v) is 8.33. The Bertz CT molecular complexity index is 933. The van der Waals surface area contributed by atoms with Crippen molar-refractivity contribution < 1.29 is 14.3 Å². The molecule has 0 bridgehead atoms. The quantitative estimate of drug-likeness (QED) is 0.349. The second-order valence-electron chi connectivity index (χ2n) is 7.22. The first-order chi connectivity index (χ1) is 15.1. The van der Waals surface area contributed by atoms with Crippen molar-refractivity contribution >= 4 is 40.2 Å². The normalized spacial score (nSPS) is 13.0. The Labute approximate surface area is 187 Å². The van der Waals surface area contributed by atoms with Crippen LogP contribution in [0.1, 0.15) is 60.0 Å². The summed E-state index contributed by atoms with van der Waals surface area (Å²) in [7, 11) is 0. The average molecular weight is 443 g/mol. The van der Waals surface area contributed by atoms with Crippen molar-refractivity contribution in [3.63, 3.8) is 0 Å². The van der Waals surface area contributed by atoms with E-state index in [1.165, 1.54) is 11.3 Å². The number of hydrazone groups is 1. The number of urea groups is 1. The molecule has 0 saturated carbocycles. The number of amides is 2. The van der Waals surface area contributed by atoms with Crippen LogP contribution >= 0.6 is 11.3 Å². The van der Waals surface area contributed by atoms with E-state index in [0.717, 1.165) is 60.5 Å². The maximum atomic E-state index is 12.5. The molecule has 31 heavy (non-hydrogen) atoms. The summed E-state index contributed by atoms with van der Waals surface area (Å²) in [6.07, 6.45) is 5.50. The van der Waals surface area contributed by atoms with Crippen molar-refractivity contribution in [1.29, 1.82) is 0 Å². The van der Waals surface area contributed by atoms with Gasteiger partial charge in [0.05, 0.1) is 18.4 Å². The van der Waals surface area contributed by atoms with Gasteiger partial charge in [-0.15, -0.1) is 11.3 Å². The maximum absolute atomic E-state index is 12.5. The number of rotatable bonds is 8. The Hall–Kier alpha value is -2.87. The van der Waals surface area contributed by atoms with Crippen LogP contribution in [0.2, 0.25) is 0 Å². The minimum atomic E-state index is -0.486. The highest BCUT2D eigenvalue weighted by atomic mass is 32.1. The number of esters is 1. The van der Waals surface area contributed by atoms with Gasteiger partial charge in [0, 0.05) is 23.7 Å². The van der Waals surface area contributed by atoms with Crippen LogP contribution in [0.25, 0.3) is 0 Å². The van der Waals surface area contributed by atoms with Crippen LogP contribution in [0.3, 0.4) is 0 Å². The van der Waals surface area contributed by atoms with Crippen LogP contribution in [0.5, 0.6) is 0 Å². The number of fused-ring (bicyclic) bond motifs is 1. The Morgan fingerprint density at radius 2 is 1.84 bits per heavy atom. The molecule has 2 amide bonds. The highest BCUT2D eigenvalue weighted by Crippen LogP contribution is 2.38. The topological polar surface area (TPSA) is 83.0 Å². The number of hydrogen-bond donors (Lipinski definition) is 2. The number of benzene rings is 1. The molecule has 0 radical (unpaired) electrons. The average Bonchev–Trinajstić information content (AvgIpc) is 3.13. The fourth-order valence-corrected chi connectivity index (χ4v) is 5.00. The minimum absolute atomic E-state index is 0.298. The number of carbonyl (C=O) groups excluding carboxylic acids is 2. The predicted octanol–water partition coefficient (Wildman–Crippen LogP) is 4.81. The summed E-state index contributed by atoms with van der Waals surface area (Å²) in [5, 5.41) is 7.34. The molecule has 0 unspecified atom stereocenters. The molecular weight excluding hydrogens is 412 g/mol. The molecule has 0 spiro atoms. The van der Waals surface area contributed by atoms with Crippen LogP contribution in [-0.4, -0.2) is 37.9 Å². The van der Waals surface area contributed by atoms with Gasteiger partial charge in [0.15, 0.2) is 0 Å². The number of anilines is 2. The van der Waals surface area contributed by atoms with Gasteiger partial charge in [-0.05, 0) is 69.7 Å². The largest absolute Gasteiger partial charge is 0.462 e. The van der Waals surface area contributed by atoms with Crippen molar-refractivity contribution in [2.75, 3.05) is 29.9 Å². The Morgan fingerprint density at radius 3 is 2.52 bits per heavy atom. The van der Waals surface area contributed by atoms with E-state index >= 15 is 0 Å². The summed E-state index contributed by atoms with van der Waals surface area (Å²) < 4.78 is 5.22. The monoisotopic (exact) mass is 442 g/mol. The number of hydrogen-bond acceptors (Lipinski definition) is 6. The number of nitrogens with zero attached hydrogens (tertiary/aromatic N) is 2. The van der Waals surface area contributed by atoms with E-state index in [0.29, 0.717) is 17.2 Å². The third-order valence-electron chi connectivity index (χ3n) is 5.28. The molecule has 7 nitrogen and oxygen atoms in total. The summed E-state index contributed by atoms with van der Waals surface area (Å²) in [6, 6.07) is 7.51. The first-order valence-corrected chi connectivity index (χ1v) is 11.7. The lowest BCUT2D eigenvalue weighted by molar-refractivity contribution is 0.0526. The van der Waals surface area contributed by atoms with E-state index in [2.05, 4.69) is 34.6 Å². The van der Waals surface area contributed by atoms with Crippen LogP contribution in [-0.2, 0) is 17.6 Å². The fraction of sp³-hybridized carbons (Fsp3) is 0.435. The van der Waals surface area contributed by atoms with E-state index in [1.54, 1.807) is 13.1 Å². The standard InChI is InChI=1S/C23H30N4O3S/c1-4-27(5-2)17-13-11-16(12-14-17)15-24-26-23(29)25-21-20(22(28)30-6-3)18-9-7-8-10-19(18)31-21/h11-15H,4-10H2,1-3H3,(H2,25,26,29). The molecule has 1 aliphatic rings. The van der Waals surface area contributed by atoms with Gasteiger partial charge in [-0.3, -0.25) is 5.32 Å². The lowest BCUT2D eigenvalue weighted by Crippen LogP contribution is -2.25. The molecule has 166 valence electrons. The molecule has 3 rings (SSSR count). The lowest BCUT2D eigenvalue weighted by atomic mass is 9.95. The van der Waals surface area contributed by atoms with Crippen molar-refractivity contribution in [2.45, 2.75) is 46.5 Å². The molecule has 2 N–H and O–H groups in total. The first-order valence-electron chi connectivity index (χ1n) is 10.8. The van der Waals surface area contributed by atoms with E-state index in [-0.39, 0.29) is 5.97 Å². The zero-order valence-electron chi connectivity index (χ0n) is 18.4. The number of nitrogens with one attached hydrogen (secondary N) is 2. The minimum Gasteiger partial charge on any atom is -0.462 e. The third-order valence-corrected chi connectivity index (χ3v) is 6.49. The Balaban J connectivity index is 1.64. The van der Waals surface area contributed by atoms with E-state index < -0.39 is 6.03 Å². The van der Waals surface area contributed by atoms with E-state index in [1.807, 2.05) is 24.3 Å². The molecule has 0 saturated heterocycles.